The minimum Gasteiger partial charge on any atom is -0.298 e. The van der Waals surface area contributed by atoms with Crippen LogP contribution in [0, 0.1) is 10.1 Å². The Morgan fingerprint density at radius 3 is 2.86 bits per heavy atom. The normalized spacial score (nSPS) is 13.5. The predicted octanol–water partition coefficient (Wildman–Crippen LogP) is 3.84. The number of amides is 1. The Morgan fingerprint density at radius 1 is 1.36 bits per heavy atom. The van der Waals surface area contributed by atoms with E-state index in [1.165, 1.54) is 34.4 Å². The third kappa shape index (κ3) is 2.95. The van der Waals surface area contributed by atoms with E-state index in [9.17, 15) is 14.9 Å². The standard InChI is InChI=1S/C14H12ClN3O3S/c15-9-6-5-8(7-11(9)18(20)21)13(19)17-14-16-10-3-1-2-4-12(10)22-14/h5-7H,1-4H2,(H,16,17,19). The Kier molecular flexibility index (Phi) is 4.08. The van der Waals surface area contributed by atoms with Gasteiger partial charge in [0.2, 0.25) is 0 Å². The van der Waals surface area contributed by atoms with E-state index >= 15 is 0 Å². The number of anilines is 1. The van der Waals surface area contributed by atoms with Crippen LogP contribution in [0.25, 0.3) is 0 Å². The van der Waals surface area contributed by atoms with E-state index in [2.05, 4.69) is 10.3 Å². The largest absolute Gasteiger partial charge is 0.298 e. The van der Waals surface area contributed by atoms with Crippen LogP contribution in [0.1, 0.15) is 33.8 Å². The summed E-state index contributed by atoms with van der Waals surface area (Å²) in [6, 6.07) is 3.98. The molecule has 0 spiro atoms. The summed E-state index contributed by atoms with van der Waals surface area (Å²) in [7, 11) is 0. The van der Waals surface area contributed by atoms with Gasteiger partial charge in [0.05, 0.1) is 10.6 Å². The highest BCUT2D eigenvalue weighted by molar-refractivity contribution is 7.15. The zero-order chi connectivity index (χ0) is 15.7. The number of benzene rings is 1. The quantitative estimate of drug-likeness (QED) is 0.681. The molecule has 3 rings (SSSR count). The van der Waals surface area contributed by atoms with Gasteiger partial charge in [-0.25, -0.2) is 4.98 Å². The molecule has 1 aliphatic rings. The number of aromatic nitrogens is 1. The molecule has 2 aromatic rings. The molecule has 0 aliphatic heterocycles. The van der Waals surface area contributed by atoms with Gasteiger partial charge >= 0.3 is 0 Å². The van der Waals surface area contributed by atoms with Gasteiger partial charge in [0, 0.05) is 16.5 Å². The second-order valence-electron chi connectivity index (χ2n) is 4.97. The number of halogens is 1. The second-order valence-corrected chi connectivity index (χ2v) is 6.46. The van der Waals surface area contributed by atoms with E-state index in [1.807, 2.05) is 0 Å². The summed E-state index contributed by atoms with van der Waals surface area (Å²) in [5.74, 6) is -0.425. The fourth-order valence-corrected chi connectivity index (χ4v) is 3.60. The summed E-state index contributed by atoms with van der Waals surface area (Å²) >= 11 is 7.21. The summed E-state index contributed by atoms with van der Waals surface area (Å²) in [5, 5.41) is 14.1. The van der Waals surface area contributed by atoms with Crippen molar-refractivity contribution in [1.82, 2.24) is 4.98 Å². The maximum absolute atomic E-state index is 12.2. The second kappa shape index (κ2) is 6.02. The lowest BCUT2D eigenvalue weighted by molar-refractivity contribution is -0.384. The number of aryl methyl sites for hydroxylation is 2. The number of hydrogen-bond acceptors (Lipinski definition) is 5. The van der Waals surface area contributed by atoms with Crippen LogP contribution in [-0.4, -0.2) is 15.8 Å². The lowest BCUT2D eigenvalue weighted by Crippen LogP contribution is -2.12. The maximum atomic E-state index is 12.2. The highest BCUT2D eigenvalue weighted by atomic mass is 35.5. The van der Waals surface area contributed by atoms with E-state index in [4.69, 9.17) is 11.6 Å². The summed E-state index contributed by atoms with van der Waals surface area (Å²) in [6.07, 6.45) is 4.20. The SMILES string of the molecule is O=C(Nc1nc2c(s1)CCCC2)c1ccc(Cl)c([N+](=O)[O-])c1. The number of rotatable bonds is 3. The summed E-state index contributed by atoms with van der Waals surface area (Å²) < 4.78 is 0. The number of carbonyl (C=O) groups excluding carboxylic acids is 1. The molecule has 1 amide bonds. The molecule has 114 valence electrons. The van der Waals surface area contributed by atoms with Gasteiger partial charge in [0.1, 0.15) is 5.02 Å². The number of carbonyl (C=O) groups is 1. The number of fused-ring (bicyclic) bond motifs is 1. The molecule has 0 atom stereocenters. The highest BCUT2D eigenvalue weighted by Crippen LogP contribution is 2.30. The monoisotopic (exact) mass is 337 g/mol. The minimum absolute atomic E-state index is 0.00580. The first-order valence-electron chi connectivity index (χ1n) is 6.78. The highest BCUT2D eigenvalue weighted by Gasteiger charge is 2.19. The van der Waals surface area contributed by atoms with E-state index in [0.717, 1.165) is 31.4 Å². The Hall–Kier alpha value is -1.99. The lowest BCUT2D eigenvalue weighted by atomic mass is 10.0. The first-order chi connectivity index (χ1) is 10.5. The Bertz CT molecular complexity index is 736. The van der Waals surface area contributed by atoms with Crippen LogP contribution in [0.5, 0.6) is 0 Å². The number of thiazole rings is 1. The van der Waals surface area contributed by atoms with Crippen LogP contribution in [-0.2, 0) is 12.8 Å². The van der Waals surface area contributed by atoms with Crippen molar-refractivity contribution in [1.29, 1.82) is 0 Å². The topological polar surface area (TPSA) is 85.1 Å². The zero-order valence-electron chi connectivity index (χ0n) is 11.5. The molecule has 0 bridgehead atoms. The molecule has 1 N–H and O–H groups in total. The maximum Gasteiger partial charge on any atom is 0.288 e. The number of nitro groups is 1. The van der Waals surface area contributed by atoms with Gasteiger partial charge in [0.25, 0.3) is 11.6 Å². The first-order valence-corrected chi connectivity index (χ1v) is 7.98. The number of nitrogens with zero attached hydrogens (tertiary/aromatic N) is 2. The van der Waals surface area contributed by atoms with Gasteiger partial charge in [-0.2, -0.15) is 0 Å². The van der Waals surface area contributed by atoms with Crippen molar-refractivity contribution in [2.24, 2.45) is 0 Å². The molecule has 8 heteroatoms. The number of hydrogen-bond donors (Lipinski definition) is 1. The van der Waals surface area contributed by atoms with Crippen LogP contribution in [0.15, 0.2) is 18.2 Å². The van der Waals surface area contributed by atoms with Crippen LogP contribution in [0.2, 0.25) is 5.02 Å². The van der Waals surface area contributed by atoms with Crippen molar-refractivity contribution >= 4 is 39.7 Å². The van der Waals surface area contributed by atoms with Crippen molar-refractivity contribution < 1.29 is 9.72 Å². The molecule has 0 saturated heterocycles. The van der Waals surface area contributed by atoms with Crippen LogP contribution >= 0.6 is 22.9 Å². The minimum atomic E-state index is -0.610. The first kappa shape index (κ1) is 14.9. The van der Waals surface area contributed by atoms with Crippen molar-refractivity contribution in [2.45, 2.75) is 25.7 Å². The zero-order valence-corrected chi connectivity index (χ0v) is 13.0. The van der Waals surface area contributed by atoms with Gasteiger partial charge in [-0.3, -0.25) is 20.2 Å². The predicted molar refractivity (Wildman–Crippen MR) is 84.8 cm³/mol. The lowest BCUT2D eigenvalue weighted by Gasteiger charge is -2.06. The molecule has 22 heavy (non-hydrogen) atoms. The Labute approximate surface area is 135 Å². The molecular weight excluding hydrogens is 326 g/mol. The van der Waals surface area contributed by atoms with Gasteiger partial charge < -0.3 is 0 Å². The number of nitrogens with one attached hydrogen (secondary N) is 1. The van der Waals surface area contributed by atoms with Crippen molar-refractivity contribution in [3.63, 3.8) is 0 Å². The molecule has 0 saturated carbocycles. The van der Waals surface area contributed by atoms with E-state index in [1.54, 1.807) is 0 Å². The van der Waals surface area contributed by atoms with Crippen molar-refractivity contribution in [3.8, 4) is 0 Å². The van der Waals surface area contributed by atoms with E-state index in [-0.39, 0.29) is 16.3 Å². The van der Waals surface area contributed by atoms with Crippen molar-refractivity contribution in [2.75, 3.05) is 5.32 Å². The molecule has 0 unspecified atom stereocenters. The molecule has 1 aromatic carbocycles. The van der Waals surface area contributed by atoms with Crippen LogP contribution in [0.3, 0.4) is 0 Å². The van der Waals surface area contributed by atoms with Gasteiger partial charge in [0.15, 0.2) is 5.13 Å². The Morgan fingerprint density at radius 2 is 2.14 bits per heavy atom. The van der Waals surface area contributed by atoms with Gasteiger partial charge in [-0.05, 0) is 37.8 Å². The number of nitro benzene ring substituents is 1. The smallest absolute Gasteiger partial charge is 0.288 e. The fourth-order valence-electron chi connectivity index (χ4n) is 2.37. The van der Waals surface area contributed by atoms with Gasteiger partial charge in [-0.15, -0.1) is 11.3 Å². The molecule has 0 radical (unpaired) electrons. The van der Waals surface area contributed by atoms with Crippen LogP contribution in [0.4, 0.5) is 10.8 Å². The molecular formula is C14H12ClN3O3S. The summed E-state index contributed by atoms with van der Waals surface area (Å²) in [6.45, 7) is 0. The van der Waals surface area contributed by atoms with Crippen LogP contribution < -0.4 is 5.32 Å². The van der Waals surface area contributed by atoms with E-state index in [0.29, 0.717) is 5.13 Å². The molecule has 0 fully saturated rings. The fraction of sp³-hybridized carbons (Fsp3) is 0.286. The summed E-state index contributed by atoms with van der Waals surface area (Å²) in [4.78, 5) is 28.1. The molecule has 1 heterocycles. The third-order valence-corrected chi connectivity index (χ3v) is 4.86. The average molecular weight is 338 g/mol. The summed E-state index contributed by atoms with van der Waals surface area (Å²) in [5.41, 5.74) is 0.950. The van der Waals surface area contributed by atoms with E-state index < -0.39 is 10.8 Å². The Balaban J connectivity index is 1.81. The molecule has 1 aliphatic carbocycles. The van der Waals surface area contributed by atoms with Gasteiger partial charge in [-0.1, -0.05) is 11.6 Å². The molecule has 1 aromatic heterocycles. The van der Waals surface area contributed by atoms with Crippen molar-refractivity contribution in [3.05, 3.63) is 49.5 Å². The molecule has 6 nitrogen and oxygen atoms in total. The third-order valence-electron chi connectivity index (χ3n) is 3.47. The average Bonchev–Trinajstić information content (AvgIpc) is 2.89.